The van der Waals surface area contributed by atoms with Gasteiger partial charge in [-0.2, -0.15) is 0 Å². The van der Waals surface area contributed by atoms with E-state index in [0.717, 1.165) is 54.1 Å². The number of hydrogen-bond donors (Lipinski definition) is 2. The number of anilines is 1. The number of rotatable bonds is 6. The number of nitrogens with zero attached hydrogens (tertiary/aromatic N) is 5. The second kappa shape index (κ2) is 11.3. The molecule has 4 rings (SSSR count). The lowest BCUT2D eigenvalue weighted by Gasteiger charge is -2.20. The first-order valence-electron chi connectivity index (χ1n) is 10.2. The van der Waals surface area contributed by atoms with Gasteiger partial charge >= 0.3 is 0 Å². The topological polar surface area (TPSA) is 70.4 Å². The van der Waals surface area contributed by atoms with Crippen molar-refractivity contribution in [3.8, 4) is 5.82 Å². The third-order valence-corrected chi connectivity index (χ3v) is 5.28. The Morgan fingerprint density at radius 2 is 2.16 bits per heavy atom. The summed E-state index contributed by atoms with van der Waals surface area (Å²) in [5.41, 5.74) is 2.26. The fourth-order valence-electron chi connectivity index (χ4n) is 3.56. The minimum atomic E-state index is 0. The quantitative estimate of drug-likeness (QED) is 0.277. The number of pyridine rings is 1. The molecular weight excluding hydrogens is 525 g/mol. The number of aromatic nitrogens is 3. The number of aliphatic imine (C=N–C) groups is 1. The normalized spacial score (nSPS) is 16.1. The SMILES string of the molecule is CCNC(=NCc1ccnc(-n2ccnc2)c1)NC1CCN(c2cccc(Cl)c2)C1.I. The number of halogens is 2. The van der Waals surface area contributed by atoms with Crippen LogP contribution in [0.15, 0.2) is 66.3 Å². The zero-order chi connectivity index (χ0) is 20.8. The van der Waals surface area contributed by atoms with Crippen LogP contribution in [0, 0.1) is 0 Å². The van der Waals surface area contributed by atoms with E-state index in [1.54, 1.807) is 18.7 Å². The molecule has 0 aliphatic carbocycles. The molecule has 1 atom stereocenters. The zero-order valence-corrected chi connectivity index (χ0v) is 20.5. The minimum absolute atomic E-state index is 0. The number of nitrogens with one attached hydrogen (secondary N) is 2. The molecular formula is C22H27ClIN7. The van der Waals surface area contributed by atoms with Gasteiger partial charge < -0.3 is 15.5 Å². The Labute approximate surface area is 205 Å². The van der Waals surface area contributed by atoms with Crippen LogP contribution in [0.5, 0.6) is 0 Å². The van der Waals surface area contributed by atoms with Crippen molar-refractivity contribution in [1.82, 2.24) is 25.2 Å². The Morgan fingerprint density at radius 1 is 1.26 bits per heavy atom. The van der Waals surface area contributed by atoms with E-state index in [4.69, 9.17) is 16.6 Å². The lowest BCUT2D eigenvalue weighted by Crippen LogP contribution is -2.44. The molecule has 164 valence electrons. The van der Waals surface area contributed by atoms with E-state index in [-0.39, 0.29) is 24.0 Å². The monoisotopic (exact) mass is 551 g/mol. The van der Waals surface area contributed by atoms with E-state index in [0.29, 0.717) is 12.6 Å². The molecule has 7 nitrogen and oxygen atoms in total. The first-order valence-corrected chi connectivity index (χ1v) is 10.6. The van der Waals surface area contributed by atoms with Crippen molar-refractivity contribution < 1.29 is 0 Å². The second-order valence-corrected chi connectivity index (χ2v) is 7.68. The molecule has 1 fully saturated rings. The first kappa shape index (κ1) is 23.3. The molecule has 9 heteroatoms. The molecule has 2 N–H and O–H groups in total. The molecule has 1 aliphatic rings. The molecule has 0 bridgehead atoms. The van der Waals surface area contributed by atoms with Crippen LogP contribution in [0.1, 0.15) is 18.9 Å². The number of hydrogen-bond acceptors (Lipinski definition) is 4. The molecule has 1 aliphatic heterocycles. The second-order valence-electron chi connectivity index (χ2n) is 7.24. The van der Waals surface area contributed by atoms with Crippen LogP contribution in [0.25, 0.3) is 5.82 Å². The van der Waals surface area contributed by atoms with Gasteiger partial charge in [0.2, 0.25) is 0 Å². The molecule has 1 unspecified atom stereocenters. The highest BCUT2D eigenvalue weighted by Crippen LogP contribution is 2.23. The Kier molecular flexibility index (Phi) is 8.53. The van der Waals surface area contributed by atoms with Crippen LogP contribution < -0.4 is 15.5 Å². The summed E-state index contributed by atoms with van der Waals surface area (Å²) in [7, 11) is 0. The van der Waals surface area contributed by atoms with Gasteiger partial charge in [0.1, 0.15) is 12.1 Å². The Hall–Kier alpha value is -2.33. The summed E-state index contributed by atoms with van der Waals surface area (Å²) in [4.78, 5) is 15.6. The van der Waals surface area contributed by atoms with Crippen LogP contribution >= 0.6 is 35.6 Å². The van der Waals surface area contributed by atoms with Gasteiger partial charge in [0, 0.05) is 55.0 Å². The van der Waals surface area contributed by atoms with Crippen molar-refractivity contribution in [3.63, 3.8) is 0 Å². The molecule has 3 aromatic rings. The van der Waals surface area contributed by atoms with Crippen molar-refractivity contribution in [3.05, 3.63) is 71.9 Å². The van der Waals surface area contributed by atoms with Gasteiger partial charge in [-0.25, -0.2) is 15.0 Å². The fraction of sp³-hybridized carbons (Fsp3) is 0.318. The molecule has 0 saturated carbocycles. The van der Waals surface area contributed by atoms with Crippen molar-refractivity contribution in [1.29, 1.82) is 0 Å². The van der Waals surface area contributed by atoms with Gasteiger partial charge in [-0.3, -0.25) is 4.57 Å². The van der Waals surface area contributed by atoms with E-state index in [2.05, 4.69) is 38.5 Å². The van der Waals surface area contributed by atoms with E-state index in [1.165, 1.54) is 0 Å². The summed E-state index contributed by atoms with van der Waals surface area (Å²) in [5, 5.41) is 7.70. The maximum Gasteiger partial charge on any atom is 0.191 e. The van der Waals surface area contributed by atoms with E-state index in [9.17, 15) is 0 Å². The van der Waals surface area contributed by atoms with E-state index in [1.807, 2.05) is 41.1 Å². The molecule has 3 heterocycles. The summed E-state index contributed by atoms with van der Waals surface area (Å²) in [6.07, 6.45) is 8.23. The molecule has 2 aromatic heterocycles. The predicted molar refractivity (Wildman–Crippen MR) is 137 cm³/mol. The third-order valence-electron chi connectivity index (χ3n) is 5.05. The molecule has 0 amide bonds. The van der Waals surface area contributed by atoms with Crippen LogP contribution in [-0.4, -0.2) is 46.2 Å². The minimum Gasteiger partial charge on any atom is -0.369 e. The lowest BCUT2D eigenvalue weighted by molar-refractivity contribution is 0.649. The molecule has 31 heavy (non-hydrogen) atoms. The summed E-state index contributed by atoms with van der Waals surface area (Å²) in [6, 6.07) is 12.4. The van der Waals surface area contributed by atoms with Crippen LogP contribution in [-0.2, 0) is 6.54 Å². The number of benzene rings is 1. The largest absolute Gasteiger partial charge is 0.369 e. The van der Waals surface area contributed by atoms with Gasteiger partial charge in [0.25, 0.3) is 0 Å². The molecule has 0 radical (unpaired) electrons. The van der Waals surface area contributed by atoms with E-state index >= 15 is 0 Å². The highest BCUT2D eigenvalue weighted by Gasteiger charge is 2.23. The zero-order valence-electron chi connectivity index (χ0n) is 17.4. The average Bonchev–Trinajstić information content (AvgIpc) is 3.45. The van der Waals surface area contributed by atoms with Gasteiger partial charge in [-0.05, 0) is 49.2 Å². The Balaban J connectivity index is 0.00000272. The van der Waals surface area contributed by atoms with Gasteiger partial charge in [-0.1, -0.05) is 17.7 Å². The summed E-state index contributed by atoms with van der Waals surface area (Å²) < 4.78 is 1.89. The standard InChI is InChI=1S/C22H26ClN7.HI/c1-2-25-22(27-14-17-6-8-26-21(12-17)30-11-9-24-16-30)28-19-7-10-29(15-19)20-5-3-4-18(23)13-20;/h3-6,8-9,11-13,16,19H,2,7,10,14-15H2,1H3,(H2,25,27,28);1H. The van der Waals surface area contributed by atoms with Crippen LogP contribution in [0.3, 0.4) is 0 Å². The van der Waals surface area contributed by atoms with Crippen molar-refractivity contribution in [2.24, 2.45) is 4.99 Å². The van der Waals surface area contributed by atoms with Crippen molar-refractivity contribution >= 4 is 47.2 Å². The average molecular weight is 552 g/mol. The van der Waals surface area contributed by atoms with Crippen LogP contribution in [0.4, 0.5) is 5.69 Å². The molecule has 1 saturated heterocycles. The summed E-state index contributed by atoms with van der Waals surface area (Å²) in [5.74, 6) is 1.67. The van der Waals surface area contributed by atoms with Gasteiger partial charge in [-0.15, -0.1) is 24.0 Å². The van der Waals surface area contributed by atoms with Crippen LogP contribution in [0.2, 0.25) is 5.02 Å². The highest BCUT2D eigenvalue weighted by molar-refractivity contribution is 14.0. The lowest BCUT2D eigenvalue weighted by atomic mass is 10.2. The van der Waals surface area contributed by atoms with E-state index < -0.39 is 0 Å². The maximum atomic E-state index is 6.15. The summed E-state index contributed by atoms with van der Waals surface area (Å²) in [6.45, 7) is 5.38. The highest BCUT2D eigenvalue weighted by atomic mass is 127. The van der Waals surface area contributed by atoms with Crippen molar-refractivity contribution in [2.75, 3.05) is 24.5 Å². The predicted octanol–water partition coefficient (Wildman–Crippen LogP) is 3.87. The van der Waals surface area contributed by atoms with Gasteiger partial charge in [0.15, 0.2) is 5.96 Å². The number of imidazole rings is 1. The fourth-order valence-corrected chi connectivity index (χ4v) is 3.75. The van der Waals surface area contributed by atoms with Crippen molar-refractivity contribution in [2.45, 2.75) is 25.9 Å². The third kappa shape index (κ3) is 6.33. The molecule has 1 aromatic carbocycles. The van der Waals surface area contributed by atoms with Gasteiger partial charge in [0.05, 0.1) is 6.54 Å². The Bertz CT molecular complexity index is 993. The first-order chi connectivity index (χ1) is 14.7. The molecule has 0 spiro atoms. The number of guanidine groups is 1. The smallest absolute Gasteiger partial charge is 0.191 e. The summed E-state index contributed by atoms with van der Waals surface area (Å²) >= 11 is 6.15. The Morgan fingerprint density at radius 3 is 2.94 bits per heavy atom. The maximum absolute atomic E-state index is 6.15.